The molecule has 0 aliphatic carbocycles. The summed E-state index contributed by atoms with van der Waals surface area (Å²) in [7, 11) is 0. The van der Waals surface area contributed by atoms with E-state index >= 15 is 0 Å². The number of benzene rings is 2. The van der Waals surface area contributed by atoms with Crippen molar-refractivity contribution in [3.8, 4) is 6.07 Å². The van der Waals surface area contributed by atoms with Crippen LogP contribution >= 0.6 is 0 Å². The van der Waals surface area contributed by atoms with Gasteiger partial charge in [-0.15, -0.1) is 0 Å². The van der Waals surface area contributed by atoms with E-state index in [9.17, 15) is 14.4 Å². The second-order valence-corrected chi connectivity index (χ2v) is 7.61. The Morgan fingerprint density at radius 3 is 2.59 bits per heavy atom. The molecule has 2 aromatic carbocycles. The van der Waals surface area contributed by atoms with Crippen molar-refractivity contribution in [1.29, 1.82) is 5.26 Å². The molecular weight excluding hydrogens is 404 g/mol. The molecule has 1 atom stereocenters. The lowest BCUT2D eigenvalue weighted by atomic mass is 10.1. The molecule has 32 heavy (non-hydrogen) atoms. The maximum absolute atomic E-state index is 13.5. The fourth-order valence-electron chi connectivity index (χ4n) is 3.77. The first-order valence-corrected chi connectivity index (χ1v) is 10.1. The number of rotatable bonds is 5. The zero-order valence-corrected chi connectivity index (χ0v) is 17.4. The predicted octanol–water partition coefficient (Wildman–Crippen LogP) is 3.24. The summed E-state index contributed by atoms with van der Waals surface area (Å²) in [6.07, 6.45) is 3.15. The van der Waals surface area contributed by atoms with Crippen LogP contribution in [0, 0.1) is 18.3 Å². The average Bonchev–Trinajstić information content (AvgIpc) is 3.11. The van der Waals surface area contributed by atoms with Gasteiger partial charge in [0.15, 0.2) is 0 Å². The van der Waals surface area contributed by atoms with Crippen molar-refractivity contribution in [2.75, 3.05) is 4.90 Å². The van der Waals surface area contributed by atoms with E-state index in [1.165, 1.54) is 4.90 Å². The Morgan fingerprint density at radius 1 is 1.16 bits per heavy atom. The molecule has 0 bridgehead atoms. The van der Waals surface area contributed by atoms with Crippen LogP contribution in [0.5, 0.6) is 0 Å². The largest absolute Gasteiger partial charge is 0.322 e. The van der Waals surface area contributed by atoms with Gasteiger partial charge in [-0.3, -0.25) is 19.4 Å². The minimum atomic E-state index is -0.939. The van der Waals surface area contributed by atoms with E-state index in [4.69, 9.17) is 5.26 Å². The van der Waals surface area contributed by atoms with E-state index in [0.29, 0.717) is 16.8 Å². The van der Waals surface area contributed by atoms with Crippen LogP contribution in [-0.2, 0) is 16.1 Å². The monoisotopic (exact) mass is 424 g/mol. The maximum Gasteiger partial charge on any atom is 0.257 e. The summed E-state index contributed by atoms with van der Waals surface area (Å²) in [5, 5.41) is 8.99. The highest BCUT2D eigenvalue weighted by molar-refractivity contribution is 6.23. The van der Waals surface area contributed by atoms with Gasteiger partial charge in [-0.25, -0.2) is 4.90 Å². The lowest BCUT2D eigenvalue weighted by Gasteiger charge is -2.28. The van der Waals surface area contributed by atoms with Crippen LogP contribution < -0.4 is 4.90 Å². The van der Waals surface area contributed by atoms with Gasteiger partial charge >= 0.3 is 0 Å². The molecule has 1 saturated heterocycles. The lowest BCUT2D eigenvalue weighted by Crippen LogP contribution is -2.45. The number of carbonyl (C=O) groups is 3. The lowest BCUT2D eigenvalue weighted by molar-refractivity contribution is -0.122. The Labute approximate surface area is 185 Å². The molecule has 7 nitrogen and oxygen atoms in total. The second kappa shape index (κ2) is 8.82. The molecule has 1 aliphatic heterocycles. The molecule has 1 fully saturated rings. The Kier molecular flexibility index (Phi) is 5.77. The van der Waals surface area contributed by atoms with E-state index in [0.717, 1.165) is 16.0 Å². The number of hydrogen-bond donors (Lipinski definition) is 0. The quantitative estimate of drug-likeness (QED) is 0.586. The van der Waals surface area contributed by atoms with Crippen molar-refractivity contribution in [2.45, 2.75) is 25.9 Å². The summed E-state index contributed by atoms with van der Waals surface area (Å²) in [6, 6.07) is 18.0. The zero-order chi connectivity index (χ0) is 22.7. The molecule has 0 saturated carbocycles. The minimum absolute atomic E-state index is 0.114. The Morgan fingerprint density at radius 2 is 1.94 bits per heavy atom. The third-order valence-electron chi connectivity index (χ3n) is 5.36. The van der Waals surface area contributed by atoms with Crippen molar-refractivity contribution in [3.05, 3.63) is 95.3 Å². The maximum atomic E-state index is 13.5. The summed E-state index contributed by atoms with van der Waals surface area (Å²) in [5.41, 5.74) is 2.94. The third-order valence-corrected chi connectivity index (χ3v) is 5.36. The summed E-state index contributed by atoms with van der Waals surface area (Å²) >= 11 is 0. The van der Waals surface area contributed by atoms with E-state index in [-0.39, 0.29) is 18.9 Å². The first-order chi connectivity index (χ1) is 15.5. The molecule has 3 amide bonds. The van der Waals surface area contributed by atoms with E-state index < -0.39 is 17.9 Å². The number of amides is 3. The van der Waals surface area contributed by atoms with Gasteiger partial charge in [0.1, 0.15) is 6.04 Å². The van der Waals surface area contributed by atoms with Gasteiger partial charge in [0.25, 0.3) is 11.8 Å². The standard InChI is InChI=1S/C25H20N4O3/c1-17-4-2-6-20(12-17)24(31)28(16-19-5-3-11-27-15-19)22-13-23(30)29(25(22)32)21-9-7-18(14-26)8-10-21/h2-12,15,22H,13,16H2,1H3. The normalized spacial score (nSPS) is 15.5. The fourth-order valence-corrected chi connectivity index (χ4v) is 3.77. The van der Waals surface area contributed by atoms with Gasteiger partial charge < -0.3 is 4.90 Å². The van der Waals surface area contributed by atoms with Crippen LogP contribution in [0.15, 0.2) is 73.1 Å². The highest BCUT2D eigenvalue weighted by Gasteiger charge is 2.44. The summed E-state index contributed by atoms with van der Waals surface area (Å²) in [5.74, 6) is -1.19. The number of carbonyl (C=O) groups excluding carboxylic acids is 3. The zero-order valence-electron chi connectivity index (χ0n) is 17.4. The Balaban J connectivity index is 1.68. The van der Waals surface area contributed by atoms with Crippen LogP contribution in [0.3, 0.4) is 0 Å². The van der Waals surface area contributed by atoms with Crippen LogP contribution in [0.2, 0.25) is 0 Å². The minimum Gasteiger partial charge on any atom is -0.322 e. The molecule has 1 unspecified atom stereocenters. The van der Waals surface area contributed by atoms with Gasteiger partial charge in [-0.1, -0.05) is 23.8 Å². The van der Waals surface area contributed by atoms with Crippen LogP contribution in [0.1, 0.15) is 33.5 Å². The van der Waals surface area contributed by atoms with Crippen molar-refractivity contribution >= 4 is 23.4 Å². The summed E-state index contributed by atoms with van der Waals surface area (Å²) < 4.78 is 0. The number of hydrogen-bond acceptors (Lipinski definition) is 5. The number of aromatic nitrogens is 1. The first-order valence-electron chi connectivity index (χ1n) is 10.1. The van der Waals surface area contributed by atoms with Crippen molar-refractivity contribution < 1.29 is 14.4 Å². The highest BCUT2D eigenvalue weighted by atomic mass is 16.2. The number of nitriles is 1. The molecule has 0 N–H and O–H groups in total. The van der Waals surface area contributed by atoms with Crippen LogP contribution in [0.25, 0.3) is 0 Å². The van der Waals surface area contributed by atoms with Crippen LogP contribution in [-0.4, -0.2) is 33.6 Å². The summed E-state index contributed by atoms with van der Waals surface area (Å²) in [4.78, 5) is 46.2. The van der Waals surface area contributed by atoms with E-state index in [2.05, 4.69) is 4.98 Å². The first kappa shape index (κ1) is 20.9. The van der Waals surface area contributed by atoms with Gasteiger partial charge in [-0.05, 0) is 55.0 Å². The molecule has 1 aromatic heterocycles. The Hall–Kier alpha value is -4.31. The highest BCUT2D eigenvalue weighted by Crippen LogP contribution is 2.28. The van der Waals surface area contributed by atoms with Gasteiger partial charge in [0.05, 0.1) is 23.7 Å². The number of anilines is 1. The summed E-state index contributed by atoms with van der Waals surface area (Å²) in [6.45, 7) is 2.03. The van der Waals surface area contributed by atoms with Crippen LogP contribution in [0.4, 0.5) is 5.69 Å². The van der Waals surface area contributed by atoms with Crippen molar-refractivity contribution in [1.82, 2.24) is 9.88 Å². The molecule has 2 heterocycles. The topological polar surface area (TPSA) is 94.4 Å². The molecular formula is C25H20N4O3. The average molecular weight is 424 g/mol. The SMILES string of the molecule is Cc1cccc(C(=O)N(Cc2cccnc2)C2CC(=O)N(c3ccc(C#N)cc3)C2=O)c1. The molecule has 1 aliphatic rings. The predicted molar refractivity (Wildman–Crippen MR) is 117 cm³/mol. The molecule has 0 radical (unpaired) electrons. The molecule has 4 rings (SSSR count). The number of pyridine rings is 1. The molecule has 3 aromatic rings. The van der Waals surface area contributed by atoms with Gasteiger partial charge in [0.2, 0.25) is 5.91 Å². The van der Waals surface area contributed by atoms with Crippen molar-refractivity contribution in [2.24, 2.45) is 0 Å². The number of imide groups is 1. The number of aryl methyl sites for hydroxylation is 1. The Bertz CT molecular complexity index is 1220. The number of nitrogens with zero attached hydrogens (tertiary/aromatic N) is 4. The van der Waals surface area contributed by atoms with E-state index in [1.807, 2.05) is 25.1 Å². The van der Waals surface area contributed by atoms with Gasteiger partial charge in [0, 0.05) is 24.5 Å². The molecule has 158 valence electrons. The fraction of sp³-hybridized carbons (Fsp3) is 0.160. The van der Waals surface area contributed by atoms with E-state index in [1.54, 1.807) is 60.9 Å². The smallest absolute Gasteiger partial charge is 0.257 e. The molecule has 0 spiro atoms. The van der Waals surface area contributed by atoms with Gasteiger partial charge in [-0.2, -0.15) is 5.26 Å². The molecule has 7 heteroatoms. The third kappa shape index (κ3) is 4.12. The van der Waals surface area contributed by atoms with Crippen molar-refractivity contribution in [3.63, 3.8) is 0 Å². The second-order valence-electron chi connectivity index (χ2n) is 7.61.